The highest BCUT2D eigenvalue weighted by atomic mass is 19.4. The van der Waals surface area contributed by atoms with Crippen molar-refractivity contribution < 1.29 is 13.2 Å². The van der Waals surface area contributed by atoms with Crippen LogP contribution in [0.1, 0.15) is 64.7 Å². The third-order valence-electron chi connectivity index (χ3n) is 2.79. The highest BCUT2D eigenvalue weighted by Gasteiger charge is 2.25. The molecule has 0 amide bonds. The first kappa shape index (κ1) is 16.8. The minimum absolute atomic E-state index is 0.0556. The topological polar surface area (TPSA) is 12.0 Å². The normalized spacial score (nSPS) is 12.0. The molecule has 1 N–H and O–H groups in total. The number of nitrogens with one attached hydrogen (secondary N) is 1. The maximum atomic E-state index is 11.8. The van der Waals surface area contributed by atoms with Gasteiger partial charge in [0.1, 0.15) is 0 Å². The molecule has 0 heterocycles. The third kappa shape index (κ3) is 15.8. The lowest BCUT2D eigenvalue weighted by molar-refractivity contribution is -0.133. The van der Waals surface area contributed by atoms with Gasteiger partial charge in [-0.15, -0.1) is 0 Å². The fraction of sp³-hybridized carbons (Fsp3) is 1.00. The van der Waals surface area contributed by atoms with Crippen molar-refractivity contribution in [3.8, 4) is 0 Å². The van der Waals surface area contributed by atoms with Gasteiger partial charge in [0.2, 0.25) is 0 Å². The fourth-order valence-electron chi connectivity index (χ4n) is 1.74. The Morgan fingerprint density at radius 3 is 1.82 bits per heavy atom. The smallest absolute Gasteiger partial charge is 0.316 e. The molecule has 0 bridgehead atoms. The molecule has 1 nitrogen and oxygen atoms in total. The van der Waals surface area contributed by atoms with E-state index in [1.165, 1.54) is 38.5 Å². The zero-order chi connectivity index (χ0) is 13.0. The molecular formula is C13H26F3N. The summed E-state index contributed by atoms with van der Waals surface area (Å²) in [6, 6.07) is 0. The molecule has 0 aliphatic carbocycles. The van der Waals surface area contributed by atoms with Gasteiger partial charge in [0.25, 0.3) is 0 Å². The summed E-state index contributed by atoms with van der Waals surface area (Å²) in [5.74, 6) is 0. The van der Waals surface area contributed by atoms with Crippen molar-refractivity contribution in [2.45, 2.75) is 70.9 Å². The molecule has 0 radical (unpaired) electrons. The Morgan fingerprint density at radius 1 is 0.765 bits per heavy atom. The molecule has 0 spiro atoms. The SMILES string of the molecule is CCCCCCCCCCNCCC(F)(F)F. The second-order valence-corrected chi connectivity index (χ2v) is 4.59. The molecule has 0 aromatic carbocycles. The van der Waals surface area contributed by atoms with E-state index in [0.717, 1.165) is 12.8 Å². The van der Waals surface area contributed by atoms with E-state index in [9.17, 15) is 13.2 Å². The van der Waals surface area contributed by atoms with Crippen LogP contribution in [0.4, 0.5) is 13.2 Å². The molecule has 104 valence electrons. The van der Waals surface area contributed by atoms with Gasteiger partial charge in [-0.1, -0.05) is 51.9 Å². The lowest BCUT2D eigenvalue weighted by atomic mass is 10.1. The van der Waals surface area contributed by atoms with Gasteiger partial charge in [0, 0.05) is 6.54 Å². The number of unbranched alkanes of at least 4 members (excludes halogenated alkanes) is 7. The van der Waals surface area contributed by atoms with E-state index < -0.39 is 12.6 Å². The van der Waals surface area contributed by atoms with Crippen LogP contribution in [-0.2, 0) is 0 Å². The van der Waals surface area contributed by atoms with Crippen LogP contribution in [0.15, 0.2) is 0 Å². The maximum absolute atomic E-state index is 11.8. The summed E-state index contributed by atoms with van der Waals surface area (Å²) in [6.45, 7) is 2.97. The second-order valence-electron chi connectivity index (χ2n) is 4.59. The number of hydrogen-bond acceptors (Lipinski definition) is 1. The minimum Gasteiger partial charge on any atom is -0.316 e. The van der Waals surface area contributed by atoms with E-state index in [1.807, 2.05) is 0 Å². The monoisotopic (exact) mass is 253 g/mol. The van der Waals surface area contributed by atoms with Crippen molar-refractivity contribution in [3.05, 3.63) is 0 Å². The average Bonchev–Trinajstić information content (AvgIpc) is 2.24. The van der Waals surface area contributed by atoms with Crippen molar-refractivity contribution in [2.24, 2.45) is 0 Å². The summed E-state index contributed by atoms with van der Waals surface area (Å²) in [5, 5.41) is 2.83. The molecular weight excluding hydrogens is 227 g/mol. The number of halogens is 3. The van der Waals surface area contributed by atoms with Crippen LogP contribution < -0.4 is 5.32 Å². The summed E-state index contributed by atoms with van der Waals surface area (Å²) < 4.78 is 35.4. The minimum atomic E-state index is -4.02. The number of hydrogen-bond donors (Lipinski definition) is 1. The highest BCUT2D eigenvalue weighted by Crippen LogP contribution is 2.18. The van der Waals surface area contributed by atoms with Crippen molar-refractivity contribution in [2.75, 3.05) is 13.1 Å². The quantitative estimate of drug-likeness (QED) is 0.528. The van der Waals surface area contributed by atoms with Crippen LogP contribution in [0.25, 0.3) is 0 Å². The molecule has 0 rings (SSSR count). The Kier molecular flexibility index (Phi) is 10.7. The van der Waals surface area contributed by atoms with Gasteiger partial charge in [-0.3, -0.25) is 0 Å². The van der Waals surface area contributed by atoms with Gasteiger partial charge >= 0.3 is 6.18 Å². The van der Waals surface area contributed by atoms with E-state index >= 15 is 0 Å². The first-order chi connectivity index (χ1) is 8.06. The van der Waals surface area contributed by atoms with Gasteiger partial charge in [-0.05, 0) is 13.0 Å². The van der Waals surface area contributed by atoms with Crippen molar-refractivity contribution >= 4 is 0 Å². The average molecular weight is 253 g/mol. The Hall–Kier alpha value is -0.250. The van der Waals surface area contributed by atoms with Crippen LogP contribution in [-0.4, -0.2) is 19.3 Å². The van der Waals surface area contributed by atoms with Crippen molar-refractivity contribution in [1.82, 2.24) is 5.32 Å². The van der Waals surface area contributed by atoms with Gasteiger partial charge in [-0.25, -0.2) is 0 Å². The first-order valence-electron chi connectivity index (χ1n) is 6.83. The molecule has 0 aliphatic rings. The largest absolute Gasteiger partial charge is 0.390 e. The molecule has 0 aromatic heterocycles. The summed E-state index contributed by atoms with van der Waals surface area (Å²) >= 11 is 0. The van der Waals surface area contributed by atoms with E-state index in [1.54, 1.807) is 0 Å². The molecule has 0 atom stereocenters. The Bertz CT molecular complexity index is 157. The lowest BCUT2D eigenvalue weighted by Crippen LogP contribution is -2.22. The van der Waals surface area contributed by atoms with Crippen LogP contribution in [0, 0.1) is 0 Å². The zero-order valence-electron chi connectivity index (χ0n) is 10.9. The fourth-order valence-corrected chi connectivity index (χ4v) is 1.74. The lowest BCUT2D eigenvalue weighted by Gasteiger charge is -2.07. The predicted molar refractivity (Wildman–Crippen MR) is 66.2 cm³/mol. The van der Waals surface area contributed by atoms with Gasteiger partial charge in [-0.2, -0.15) is 13.2 Å². The predicted octanol–water partition coefficient (Wildman–Crippen LogP) is 4.67. The molecule has 4 heteroatoms. The molecule has 0 saturated heterocycles. The first-order valence-corrected chi connectivity index (χ1v) is 6.83. The van der Waals surface area contributed by atoms with Gasteiger partial charge < -0.3 is 5.32 Å². The molecule has 0 unspecified atom stereocenters. The number of alkyl halides is 3. The van der Waals surface area contributed by atoms with Crippen LogP contribution >= 0.6 is 0 Å². The zero-order valence-corrected chi connectivity index (χ0v) is 10.9. The second kappa shape index (κ2) is 10.9. The summed E-state index contributed by atoms with van der Waals surface area (Å²) in [7, 11) is 0. The molecule has 0 saturated carbocycles. The molecule has 0 fully saturated rings. The molecule has 17 heavy (non-hydrogen) atoms. The Labute approximate surface area is 103 Å². The Balaban J connectivity index is 2.99. The third-order valence-corrected chi connectivity index (χ3v) is 2.79. The molecule has 0 aliphatic heterocycles. The van der Waals surface area contributed by atoms with Crippen LogP contribution in [0.2, 0.25) is 0 Å². The van der Waals surface area contributed by atoms with Crippen LogP contribution in [0.5, 0.6) is 0 Å². The summed E-state index contributed by atoms with van der Waals surface area (Å²) in [6.07, 6.45) is 5.07. The van der Waals surface area contributed by atoms with E-state index in [2.05, 4.69) is 12.2 Å². The van der Waals surface area contributed by atoms with Crippen molar-refractivity contribution in [1.29, 1.82) is 0 Å². The van der Waals surface area contributed by atoms with E-state index in [-0.39, 0.29) is 6.54 Å². The van der Waals surface area contributed by atoms with Gasteiger partial charge in [0.15, 0.2) is 0 Å². The summed E-state index contributed by atoms with van der Waals surface area (Å²) in [5.41, 5.74) is 0. The van der Waals surface area contributed by atoms with Gasteiger partial charge in [0.05, 0.1) is 6.42 Å². The molecule has 0 aromatic rings. The van der Waals surface area contributed by atoms with E-state index in [0.29, 0.717) is 6.54 Å². The maximum Gasteiger partial charge on any atom is 0.390 e. The van der Waals surface area contributed by atoms with Crippen molar-refractivity contribution in [3.63, 3.8) is 0 Å². The number of rotatable bonds is 11. The summed E-state index contributed by atoms with van der Waals surface area (Å²) in [4.78, 5) is 0. The highest BCUT2D eigenvalue weighted by molar-refractivity contribution is 4.55. The van der Waals surface area contributed by atoms with E-state index in [4.69, 9.17) is 0 Å². The van der Waals surface area contributed by atoms with Crippen LogP contribution in [0.3, 0.4) is 0 Å². The Morgan fingerprint density at radius 2 is 1.29 bits per heavy atom. The standard InChI is InChI=1S/C13H26F3N/c1-2-3-4-5-6-7-8-9-11-17-12-10-13(14,15)16/h17H,2-12H2,1H3.